The van der Waals surface area contributed by atoms with Gasteiger partial charge in [-0.3, -0.25) is 9.79 Å². The van der Waals surface area contributed by atoms with Crippen molar-refractivity contribution in [3.05, 3.63) is 24.3 Å². The summed E-state index contributed by atoms with van der Waals surface area (Å²) in [6, 6.07) is 0. The third-order valence-electron chi connectivity index (χ3n) is 9.31. The molecule has 0 bridgehead atoms. The molecule has 1 amide bonds. The molecular weight excluding hydrogens is 586 g/mol. The normalized spacial score (nSPS) is 13.2. The number of amidine groups is 1. The van der Waals surface area contributed by atoms with Crippen LogP contribution in [0.25, 0.3) is 0 Å². The predicted molar refractivity (Wildman–Crippen MR) is 208 cm³/mol. The highest BCUT2D eigenvalue weighted by Crippen LogP contribution is 2.14. The van der Waals surface area contributed by atoms with Crippen LogP contribution in [0.1, 0.15) is 200 Å². The summed E-state index contributed by atoms with van der Waals surface area (Å²) in [6.45, 7) is 8.16. The molecule has 1 heterocycles. The van der Waals surface area contributed by atoms with Crippen LogP contribution in [-0.4, -0.2) is 42.8 Å². The number of nitrogens with zero attached hydrogens (tertiary/aromatic N) is 2. The second-order valence-corrected chi connectivity index (χ2v) is 13.7. The smallest absolute Gasteiger partial charge is 0.220 e. The van der Waals surface area contributed by atoms with Gasteiger partial charge < -0.3 is 10.2 Å². The SMILES string of the molecule is CCCCCCCC/C=C\CCCCCCCCC1=NCCN1CCNC(=O)CCCCCCC/C=C\CCCCCCCC.Cl. The van der Waals surface area contributed by atoms with Crippen LogP contribution in [0.5, 0.6) is 0 Å². The Bertz CT molecular complexity index is 735. The number of hydrogen-bond donors (Lipinski definition) is 1. The zero-order chi connectivity index (χ0) is 32.3. The lowest BCUT2D eigenvalue weighted by molar-refractivity contribution is -0.121. The van der Waals surface area contributed by atoms with Crippen LogP contribution in [-0.2, 0) is 4.79 Å². The first kappa shape index (κ1) is 44.7. The molecule has 1 rings (SSSR count). The molecule has 0 spiro atoms. The highest BCUT2D eigenvalue weighted by molar-refractivity contribution is 5.85. The minimum absolute atomic E-state index is 0. The van der Waals surface area contributed by atoms with Gasteiger partial charge in [0, 0.05) is 32.5 Å². The molecule has 0 saturated heterocycles. The molecule has 0 unspecified atom stereocenters. The van der Waals surface area contributed by atoms with Crippen LogP contribution >= 0.6 is 12.4 Å². The van der Waals surface area contributed by atoms with Crippen molar-refractivity contribution < 1.29 is 4.79 Å². The molecule has 0 saturated carbocycles. The van der Waals surface area contributed by atoms with Crippen molar-refractivity contribution in [3.8, 4) is 0 Å². The summed E-state index contributed by atoms with van der Waals surface area (Å²) in [6.07, 6.45) is 47.1. The lowest BCUT2D eigenvalue weighted by Crippen LogP contribution is -2.36. The monoisotopic (exact) mass is 664 g/mol. The zero-order valence-electron chi connectivity index (χ0n) is 30.9. The van der Waals surface area contributed by atoms with E-state index in [0.29, 0.717) is 6.42 Å². The van der Waals surface area contributed by atoms with E-state index >= 15 is 0 Å². The number of carbonyl (C=O) groups excluding carboxylic acids is 1. The molecule has 0 aromatic heterocycles. The molecule has 0 aromatic rings. The summed E-state index contributed by atoms with van der Waals surface area (Å²) in [7, 11) is 0. The second-order valence-electron chi connectivity index (χ2n) is 13.7. The van der Waals surface area contributed by atoms with E-state index in [2.05, 4.69) is 48.4 Å². The lowest BCUT2D eigenvalue weighted by atomic mass is 10.1. The third kappa shape index (κ3) is 30.1. The minimum Gasteiger partial charge on any atom is -0.357 e. The van der Waals surface area contributed by atoms with E-state index in [1.807, 2.05) is 0 Å². The molecular formula is C41H78ClN3O. The van der Waals surface area contributed by atoms with E-state index in [-0.39, 0.29) is 18.3 Å². The van der Waals surface area contributed by atoms with Gasteiger partial charge in [-0.05, 0) is 64.2 Å². The van der Waals surface area contributed by atoms with Crippen molar-refractivity contribution in [2.24, 2.45) is 4.99 Å². The summed E-state index contributed by atoms with van der Waals surface area (Å²) in [5.74, 6) is 1.50. The molecule has 0 atom stereocenters. The number of aliphatic imine (C=N–C) groups is 1. The molecule has 0 aliphatic carbocycles. The van der Waals surface area contributed by atoms with Gasteiger partial charge in [-0.1, -0.05) is 147 Å². The quantitative estimate of drug-likeness (QED) is 0.0550. The van der Waals surface area contributed by atoms with Gasteiger partial charge >= 0.3 is 0 Å². The van der Waals surface area contributed by atoms with Crippen LogP contribution in [0.3, 0.4) is 0 Å². The Hall–Kier alpha value is -1.29. The molecule has 46 heavy (non-hydrogen) atoms. The number of carbonyl (C=O) groups is 1. The van der Waals surface area contributed by atoms with E-state index in [1.165, 1.54) is 173 Å². The van der Waals surface area contributed by atoms with Crippen molar-refractivity contribution in [3.63, 3.8) is 0 Å². The van der Waals surface area contributed by atoms with Crippen molar-refractivity contribution in [1.82, 2.24) is 10.2 Å². The van der Waals surface area contributed by atoms with Crippen LogP contribution < -0.4 is 5.32 Å². The van der Waals surface area contributed by atoms with Crippen LogP contribution in [0.2, 0.25) is 0 Å². The second kappa shape index (κ2) is 36.5. The molecule has 1 aliphatic heterocycles. The summed E-state index contributed by atoms with van der Waals surface area (Å²) < 4.78 is 0. The average Bonchev–Trinajstić information content (AvgIpc) is 3.49. The van der Waals surface area contributed by atoms with E-state index in [0.717, 1.165) is 39.0 Å². The van der Waals surface area contributed by atoms with E-state index < -0.39 is 0 Å². The van der Waals surface area contributed by atoms with Crippen molar-refractivity contribution in [1.29, 1.82) is 0 Å². The Morgan fingerprint density at radius 3 is 1.50 bits per heavy atom. The Morgan fingerprint density at radius 1 is 0.609 bits per heavy atom. The zero-order valence-corrected chi connectivity index (χ0v) is 31.7. The number of hydrogen-bond acceptors (Lipinski definition) is 3. The van der Waals surface area contributed by atoms with Crippen LogP contribution in [0.15, 0.2) is 29.3 Å². The maximum absolute atomic E-state index is 12.3. The van der Waals surface area contributed by atoms with E-state index in [9.17, 15) is 4.79 Å². The Labute approximate surface area is 293 Å². The molecule has 4 nitrogen and oxygen atoms in total. The highest BCUT2D eigenvalue weighted by atomic mass is 35.5. The summed E-state index contributed by atoms with van der Waals surface area (Å²) >= 11 is 0. The van der Waals surface area contributed by atoms with Gasteiger partial charge in [0.1, 0.15) is 0 Å². The molecule has 0 aromatic carbocycles. The first-order valence-corrected chi connectivity index (χ1v) is 20.1. The molecule has 0 fully saturated rings. The van der Waals surface area contributed by atoms with Crippen LogP contribution in [0.4, 0.5) is 0 Å². The fourth-order valence-corrected chi connectivity index (χ4v) is 6.31. The van der Waals surface area contributed by atoms with Gasteiger partial charge in [0.15, 0.2) is 0 Å². The fourth-order valence-electron chi connectivity index (χ4n) is 6.31. The molecule has 0 radical (unpaired) electrons. The minimum atomic E-state index is 0. The van der Waals surface area contributed by atoms with Gasteiger partial charge in [0.05, 0.1) is 12.4 Å². The average molecular weight is 665 g/mol. The summed E-state index contributed by atoms with van der Waals surface area (Å²) in [4.78, 5) is 19.5. The van der Waals surface area contributed by atoms with E-state index in [4.69, 9.17) is 4.99 Å². The molecule has 1 aliphatic rings. The highest BCUT2D eigenvalue weighted by Gasteiger charge is 2.16. The number of nitrogens with one attached hydrogen (secondary N) is 1. The van der Waals surface area contributed by atoms with Crippen molar-refractivity contribution in [2.45, 2.75) is 200 Å². The Morgan fingerprint density at radius 2 is 1.02 bits per heavy atom. The Balaban J connectivity index is 0.0000202. The third-order valence-corrected chi connectivity index (χ3v) is 9.31. The number of rotatable bonds is 34. The topological polar surface area (TPSA) is 44.7 Å². The van der Waals surface area contributed by atoms with Crippen molar-refractivity contribution in [2.75, 3.05) is 26.2 Å². The number of amides is 1. The number of unbranched alkanes of at least 4 members (excludes halogenated alkanes) is 23. The van der Waals surface area contributed by atoms with Gasteiger partial charge in [-0.25, -0.2) is 0 Å². The maximum Gasteiger partial charge on any atom is 0.220 e. The van der Waals surface area contributed by atoms with Crippen molar-refractivity contribution >= 4 is 24.1 Å². The Kier molecular flexibility index (Phi) is 35.5. The van der Waals surface area contributed by atoms with Gasteiger partial charge in [-0.15, -0.1) is 12.4 Å². The molecule has 1 N–H and O–H groups in total. The fraction of sp³-hybridized carbons (Fsp3) is 0.854. The molecule has 270 valence electrons. The summed E-state index contributed by atoms with van der Waals surface area (Å²) in [5.41, 5.74) is 0. The largest absolute Gasteiger partial charge is 0.357 e. The number of allylic oxidation sites excluding steroid dienone is 4. The standard InChI is InChI=1S/C41H77N3O.ClH/c1-3-5-7-9-11-13-15-17-19-21-22-24-26-28-30-32-34-40-42-36-38-44(40)39-37-43-41(45)35-33-31-29-27-25-23-20-18-16-14-12-10-8-6-4-2;/h17-20H,3-16,21-39H2,1-2H3,(H,43,45);1H/b19-17-,20-18-;. The number of halogens is 1. The van der Waals surface area contributed by atoms with Gasteiger partial charge in [-0.2, -0.15) is 0 Å². The lowest BCUT2D eigenvalue weighted by Gasteiger charge is -2.20. The van der Waals surface area contributed by atoms with Gasteiger partial charge in [0.2, 0.25) is 5.91 Å². The van der Waals surface area contributed by atoms with Gasteiger partial charge in [0.25, 0.3) is 0 Å². The summed E-state index contributed by atoms with van der Waals surface area (Å²) in [5, 5.41) is 3.15. The first-order valence-electron chi connectivity index (χ1n) is 20.1. The first-order chi connectivity index (χ1) is 22.3. The van der Waals surface area contributed by atoms with E-state index in [1.54, 1.807) is 0 Å². The maximum atomic E-state index is 12.3. The van der Waals surface area contributed by atoms with Crippen LogP contribution in [0, 0.1) is 0 Å². The molecule has 5 heteroatoms. The predicted octanol–water partition coefficient (Wildman–Crippen LogP) is 12.7.